The van der Waals surface area contributed by atoms with Gasteiger partial charge in [-0.05, 0) is 30.5 Å². The molecular formula is C13H12ClNO. The molecule has 3 heteroatoms. The fraction of sp³-hybridized carbons (Fsp3) is 0.308. The molecule has 1 saturated carbocycles. The largest absolute Gasteiger partial charge is 0.390 e. The molecule has 16 heavy (non-hydrogen) atoms. The summed E-state index contributed by atoms with van der Waals surface area (Å²) in [4.78, 5) is 4.36. The van der Waals surface area contributed by atoms with Crippen LogP contribution in [-0.4, -0.2) is 15.7 Å². The van der Waals surface area contributed by atoms with Gasteiger partial charge in [0.25, 0.3) is 0 Å². The number of hydrogen-bond acceptors (Lipinski definition) is 2. The molecule has 1 aromatic heterocycles. The Labute approximate surface area is 98.9 Å². The summed E-state index contributed by atoms with van der Waals surface area (Å²) in [5, 5.41) is 11.8. The number of benzene rings is 1. The molecule has 0 unspecified atom stereocenters. The minimum absolute atomic E-state index is 0.532. The molecule has 1 aromatic carbocycles. The van der Waals surface area contributed by atoms with E-state index < -0.39 is 5.60 Å². The van der Waals surface area contributed by atoms with Gasteiger partial charge in [0, 0.05) is 23.0 Å². The van der Waals surface area contributed by atoms with Crippen LogP contribution in [0.4, 0.5) is 0 Å². The zero-order valence-corrected chi connectivity index (χ0v) is 9.54. The summed E-state index contributed by atoms with van der Waals surface area (Å²) in [7, 11) is 0. The van der Waals surface area contributed by atoms with E-state index in [4.69, 9.17) is 11.6 Å². The van der Waals surface area contributed by atoms with Gasteiger partial charge in [0.1, 0.15) is 0 Å². The zero-order valence-electron chi connectivity index (χ0n) is 8.78. The van der Waals surface area contributed by atoms with E-state index in [1.54, 1.807) is 6.20 Å². The van der Waals surface area contributed by atoms with Crippen LogP contribution < -0.4 is 0 Å². The van der Waals surface area contributed by atoms with Crippen LogP contribution in [0.15, 0.2) is 30.5 Å². The summed E-state index contributed by atoms with van der Waals surface area (Å²) in [6, 6.07) is 7.77. The summed E-state index contributed by atoms with van der Waals surface area (Å²) in [5.74, 6) is 0. The van der Waals surface area contributed by atoms with Crippen molar-refractivity contribution in [1.29, 1.82) is 0 Å². The molecule has 2 nitrogen and oxygen atoms in total. The highest BCUT2D eigenvalue weighted by atomic mass is 35.5. The van der Waals surface area contributed by atoms with E-state index in [0.717, 1.165) is 29.3 Å². The molecular weight excluding hydrogens is 222 g/mol. The second-order valence-electron chi connectivity index (χ2n) is 4.50. The number of halogens is 1. The predicted octanol–water partition coefficient (Wildman–Crippen LogP) is 2.96. The van der Waals surface area contributed by atoms with Crippen LogP contribution in [0.2, 0.25) is 5.02 Å². The summed E-state index contributed by atoms with van der Waals surface area (Å²) in [6.45, 7) is 0. The quantitative estimate of drug-likeness (QED) is 0.865. The average Bonchev–Trinajstić information content (AvgIpc) is 3.01. The van der Waals surface area contributed by atoms with Crippen LogP contribution >= 0.6 is 11.6 Å². The highest BCUT2D eigenvalue weighted by Gasteiger charge is 2.41. The fourth-order valence-corrected chi connectivity index (χ4v) is 2.22. The molecule has 3 rings (SSSR count). The van der Waals surface area contributed by atoms with E-state index in [9.17, 15) is 5.11 Å². The lowest BCUT2D eigenvalue weighted by atomic mass is 10.0. The van der Waals surface area contributed by atoms with Gasteiger partial charge in [0.05, 0.1) is 11.1 Å². The van der Waals surface area contributed by atoms with Crippen molar-refractivity contribution >= 4 is 22.5 Å². The molecule has 0 saturated heterocycles. The average molecular weight is 234 g/mol. The third-order valence-corrected chi connectivity index (χ3v) is 3.51. The molecule has 1 fully saturated rings. The summed E-state index contributed by atoms with van der Waals surface area (Å²) in [5.41, 5.74) is 1.35. The first-order chi connectivity index (χ1) is 7.68. The maximum Gasteiger partial charge on any atom is 0.0749 e. The molecule has 0 spiro atoms. The maximum atomic E-state index is 9.98. The summed E-state index contributed by atoms with van der Waals surface area (Å²) < 4.78 is 0. The second-order valence-corrected chi connectivity index (χ2v) is 4.91. The molecule has 1 aliphatic rings. The van der Waals surface area contributed by atoms with E-state index in [-0.39, 0.29) is 0 Å². The van der Waals surface area contributed by atoms with Gasteiger partial charge in [0.15, 0.2) is 0 Å². The van der Waals surface area contributed by atoms with Crippen molar-refractivity contribution in [2.24, 2.45) is 0 Å². The Balaban J connectivity index is 2.16. The van der Waals surface area contributed by atoms with Crippen molar-refractivity contribution in [2.75, 3.05) is 0 Å². The number of aromatic nitrogens is 1. The van der Waals surface area contributed by atoms with Crippen LogP contribution in [0.3, 0.4) is 0 Å². The Kier molecular flexibility index (Phi) is 2.16. The van der Waals surface area contributed by atoms with Crippen LogP contribution in [-0.2, 0) is 6.42 Å². The first kappa shape index (κ1) is 10.1. The van der Waals surface area contributed by atoms with Crippen LogP contribution in [0, 0.1) is 0 Å². The van der Waals surface area contributed by atoms with Crippen molar-refractivity contribution in [3.63, 3.8) is 0 Å². The number of pyridine rings is 1. The molecule has 0 bridgehead atoms. The highest BCUT2D eigenvalue weighted by molar-refractivity contribution is 6.32. The van der Waals surface area contributed by atoms with Gasteiger partial charge >= 0.3 is 0 Å². The first-order valence-corrected chi connectivity index (χ1v) is 5.80. The molecule has 0 amide bonds. The normalized spacial score (nSPS) is 17.6. The number of fused-ring (bicyclic) bond motifs is 1. The van der Waals surface area contributed by atoms with E-state index >= 15 is 0 Å². The van der Waals surface area contributed by atoms with E-state index in [1.165, 1.54) is 0 Å². The maximum absolute atomic E-state index is 9.98. The van der Waals surface area contributed by atoms with Crippen molar-refractivity contribution in [2.45, 2.75) is 24.9 Å². The number of nitrogens with zero attached hydrogens (tertiary/aromatic N) is 1. The van der Waals surface area contributed by atoms with Gasteiger partial charge in [-0.3, -0.25) is 4.98 Å². The molecule has 0 radical (unpaired) electrons. The van der Waals surface area contributed by atoms with E-state index in [0.29, 0.717) is 11.4 Å². The second kappa shape index (κ2) is 3.44. The van der Waals surface area contributed by atoms with Gasteiger partial charge < -0.3 is 5.11 Å². The van der Waals surface area contributed by atoms with Crippen molar-refractivity contribution in [3.05, 3.63) is 41.0 Å². The molecule has 1 N–H and O–H groups in total. The standard InChI is InChI=1S/C13H12ClNO/c14-11-4-3-9-2-1-7-15-12(9)10(11)8-13(16)5-6-13/h1-4,7,16H,5-6,8H2. The number of hydrogen-bond donors (Lipinski definition) is 1. The Morgan fingerprint density at radius 2 is 2.12 bits per heavy atom. The topological polar surface area (TPSA) is 33.1 Å². The van der Waals surface area contributed by atoms with Crippen LogP contribution in [0.1, 0.15) is 18.4 Å². The van der Waals surface area contributed by atoms with Crippen LogP contribution in [0.25, 0.3) is 10.9 Å². The molecule has 0 atom stereocenters. The van der Waals surface area contributed by atoms with Gasteiger partial charge in [-0.15, -0.1) is 0 Å². The van der Waals surface area contributed by atoms with E-state index in [1.807, 2.05) is 24.3 Å². The molecule has 82 valence electrons. The molecule has 2 aromatic rings. The Bertz CT molecular complexity index is 549. The molecule has 1 aliphatic carbocycles. The smallest absolute Gasteiger partial charge is 0.0749 e. The van der Waals surface area contributed by atoms with Crippen LogP contribution in [0.5, 0.6) is 0 Å². The Hall–Kier alpha value is -1.12. The van der Waals surface area contributed by atoms with Gasteiger partial charge in [-0.2, -0.15) is 0 Å². The number of aliphatic hydroxyl groups is 1. The third kappa shape index (κ3) is 1.68. The van der Waals surface area contributed by atoms with Crippen molar-refractivity contribution < 1.29 is 5.11 Å². The minimum atomic E-state index is -0.532. The lowest BCUT2D eigenvalue weighted by Gasteiger charge is -2.11. The van der Waals surface area contributed by atoms with Crippen molar-refractivity contribution in [1.82, 2.24) is 4.98 Å². The highest BCUT2D eigenvalue weighted by Crippen LogP contribution is 2.40. The Morgan fingerprint density at radius 3 is 2.88 bits per heavy atom. The zero-order chi connectivity index (χ0) is 11.2. The summed E-state index contributed by atoms with van der Waals surface area (Å²) in [6.07, 6.45) is 4.11. The lowest BCUT2D eigenvalue weighted by Crippen LogP contribution is -2.11. The summed E-state index contributed by atoms with van der Waals surface area (Å²) >= 11 is 6.19. The Morgan fingerprint density at radius 1 is 1.31 bits per heavy atom. The van der Waals surface area contributed by atoms with Gasteiger partial charge in [-0.1, -0.05) is 23.7 Å². The molecule has 1 heterocycles. The predicted molar refractivity (Wildman–Crippen MR) is 64.6 cm³/mol. The lowest BCUT2D eigenvalue weighted by molar-refractivity contribution is 0.151. The monoisotopic (exact) mass is 233 g/mol. The van der Waals surface area contributed by atoms with Gasteiger partial charge in [0.2, 0.25) is 0 Å². The third-order valence-electron chi connectivity index (χ3n) is 3.16. The SMILES string of the molecule is OC1(Cc2c(Cl)ccc3cccnc23)CC1. The number of rotatable bonds is 2. The van der Waals surface area contributed by atoms with E-state index in [2.05, 4.69) is 4.98 Å². The van der Waals surface area contributed by atoms with Crippen molar-refractivity contribution in [3.8, 4) is 0 Å². The minimum Gasteiger partial charge on any atom is -0.390 e. The van der Waals surface area contributed by atoms with Gasteiger partial charge in [-0.25, -0.2) is 0 Å². The fourth-order valence-electron chi connectivity index (χ4n) is 2.00. The molecule has 0 aliphatic heterocycles. The first-order valence-electron chi connectivity index (χ1n) is 5.42.